The fourth-order valence-corrected chi connectivity index (χ4v) is 9.81. The first-order valence-electron chi connectivity index (χ1n) is 21.0. The van der Waals surface area contributed by atoms with Crippen molar-refractivity contribution in [1.82, 2.24) is 35.2 Å². The van der Waals surface area contributed by atoms with E-state index in [1.54, 1.807) is 24.9 Å². The summed E-state index contributed by atoms with van der Waals surface area (Å²) < 4.78 is 5.62. The number of hydrogen-bond acceptors (Lipinski definition) is 7. The molecule has 14 nitrogen and oxygen atoms in total. The number of carbonyl (C=O) groups is 4. The molecule has 3 saturated heterocycles. The van der Waals surface area contributed by atoms with Crippen LogP contribution >= 0.6 is 0 Å². The van der Waals surface area contributed by atoms with Crippen LogP contribution in [0.1, 0.15) is 74.1 Å². The van der Waals surface area contributed by atoms with Crippen molar-refractivity contribution in [3.8, 4) is 0 Å². The van der Waals surface area contributed by atoms with Crippen molar-refractivity contribution in [1.29, 1.82) is 0 Å². The van der Waals surface area contributed by atoms with Gasteiger partial charge in [-0.2, -0.15) is 5.10 Å². The topological polar surface area (TPSA) is 187 Å². The summed E-state index contributed by atoms with van der Waals surface area (Å²) >= 11 is 0. The van der Waals surface area contributed by atoms with Crippen LogP contribution in [-0.4, -0.2) is 99.1 Å². The molecule has 0 bridgehead atoms. The predicted molar refractivity (Wildman–Crippen MR) is 228 cm³/mol. The summed E-state index contributed by atoms with van der Waals surface area (Å²) in [4.78, 5) is 76.1. The second-order valence-electron chi connectivity index (χ2n) is 17.3. The highest BCUT2D eigenvalue weighted by Crippen LogP contribution is 2.42. The van der Waals surface area contributed by atoms with Crippen LogP contribution in [0.3, 0.4) is 0 Å². The summed E-state index contributed by atoms with van der Waals surface area (Å²) in [5, 5.41) is 12.3. The molecule has 60 heavy (non-hydrogen) atoms. The minimum absolute atomic E-state index is 0.0204. The van der Waals surface area contributed by atoms with Crippen molar-refractivity contribution in [3.05, 3.63) is 112 Å². The number of pyridine rings is 1. The number of likely N-dealkylation sites (tertiary alicyclic amines) is 3. The molecule has 3 fully saturated rings. The quantitative estimate of drug-likeness (QED) is 0.147. The Morgan fingerprint density at radius 3 is 2.30 bits per heavy atom. The number of H-pyrrole nitrogens is 2. The largest absolute Gasteiger partial charge is 0.438 e. The number of primary amides is 1. The first kappa shape index (κ1) is 40.6. The predicted octanol–water partition coefficient (Wildman–Crippen LogP) is 5.70. The van der Waals surface area contributed by atoms with Gasteiger partial charge in [-0.3, -0.25) is 19.5 Å². The van der Waals surface area contributed by atoms with Gasteiger partial charge in [-0.1, -0.05) is 54.6 Å². The van der Waals surface area contributed by atoms with Gasteiger partial charge in [-0.15, -0.1) is 0 Å². The lowest BCUT2D eigenvalue weighted by atomic mass is 9.76. The first-order valence-corrected chi connectivity index (χ1v) is 21.0. The van der Waals surface area contributed by atoms with E-state index in [4.69, 9.17) is 10.5 Å². The van der Waals surface area contributed by atoms with Gasteiger partial charge in [0.05, 0.1) is 17.6 Å². The Labute approximate surface area is 348 Å². The number of piperidine rings is 2. The summed E-state index contributed by atoms with van der Waals surface area (Å²) in [5.41, 5.74) is 9.07. The Balaban J connectivity index is 0.936. The van der Waals surface area contributed by atoms with Crippen LogP contribution in [-0.2, 0) is 26.3 Å². The zero-order valence-corrected chi connectivity index (χ0v) is 34.5. The van der Waals surface area contributed by atoms with Gasteiger partial charge in [0.25, 0.3) is 5.56 Å². The third kappa shape index (κ3) is 8.06. The van der Waals surface area contributed by atoms with Crippen molar-refractivity contribution in [2.75, 3.05) is 39.3 Å². The molecule has 5 amide bonds. The van der Waals surface area contributed by atoms with E-state index in [0.717, 1.165) is 57.8 Å². The molecule has 0 aliphatic carbocycles. The lowest BCUT2D eigenvalue weighted by Crippen LogP contribution is -2.54. The van der Waals surface area contributed by atoms with Crippen molar-refractivity contribution < 1.29 is 23.9 Å². The minimum atomic E-state index is -1.25. The molecule has 5 aromatic rings. The number of rotatable bonds is 9. The van der Waals surface area contributed by atoms with E-state index >= 15 is 0 Å². The van der Waals surface area contributed by atoms with Gasteiger partial charge < -0.3 is 35.5 Å². The van der Waals surface area contributed by atoms with Crippen LogP contribution in [0.15, 0.2) is 83.8 Å². The van der Waals surface area contributed by atoms with Gasteiger partial charge in [0.2, 0.25) is 11.8 Å². The SMILES string of the molecule is Cc1cc(CC(NC(=O)N2CCC(c3cc4ccccc4[nH]c3=O)CC2)C(=O)N2CCC3(CCN(C(=O)C(C)C(C)(OC(N)=O)c4ccccc4)CC3)C2)cc2cn[nH]c12. The van der Waals surface area contributed by atoms with Crippen molar-refractivity contribution in [2.24, 2.45) is 17.1 Å². The highest BCUT2D eigenvalue weighted by Gasteiger charge is 2.47. The van der Waals surface area contributed by atoms with Gasteiger partial charge >= 0.3 is 12.1 Å². The second kappa shape index (κ2) is 16.5. The first-order chi connectivity index (χ1) is 28.8. The molecule has 8 rings (SSSR count). The summed E-state index contributed by atoms with van der Waals surface area (Å²) in [6.07, 6.45) is 4.65. The van der Waals surface area contributed by atoms with E-state index in [9.17, 15) is 24.0 Å². The molecule has 3 aromatic carbocycles. The molecule has 3 aliphatic rings. The maximum atomic E-state index is 14.6. The maximum absolute atomic E-state index is 14.6. The Kier molecular flexibility index (Phi) is 11.1. The van der Waals surface area contributed by atoms with E-state index in [-0.39, 0.29) is 34.7 Å². The van der Waals surface area contributed by atoms with E-state index in [1.165, 1.54) is 0 Å². The molecule has 5 N–H and O–H groups in total. The second-order valence-corrected chi connectivity index (χ2v) is 17.3. The van der Waals surface area contributed by atoms with E-state index in [0.29, 0.717) is 64.1 Å². The number of amides is 5. The van der Waals surface area contributed by atoms with Crippen LogP contribution in [0, 0.1) is 18.3 Å². The number of urea groups is 1. The lowest BCUT2D eigenvalue weighted by molar-refractivity contribution is -0.146. The number of nitrogens with zero attached hydrogens (tertiary/aromatic N) is 4. The van der Waals surface area contributed by atoms with Gasteiger partial charge in [0.1, 0.15) is 11.6 Å². The molecule has 1 spiro atoms. The molecule has 3 atom stereocenters. The molecular formula is C46H54N8O6. The molecule has 3 aliphatic heterocycles. The molecule has 2 aromatic heterocycles. The van der Waals surface area contributed by atoms with Crippen LogP contribution < -0.4 is 16.6 Å². The number of carbonyl (C=O) groups excluding carboxylic acids is 4. The third-order valence-electron chi connectivity index (χ3n) is 13.6. The molecule has 314 valence electrons. The van der Waals surface area contributed by atoms with Gasteiger partial charge in [0, 0.05) is 62.2 Å². The summed E-state index contributed by atoms with van der Waals surface area (Å²) in [7, 11) is 0. The highest BCUT2D eigenvalue weighted by atomic mass is 16.6. The minimum Gasteiger partial charge on any atom is -0.438 e. The smallest absolute Gasteiger partial charge is 0.405 e. The zero-order valence-electron chi connectivity index (χ0n) is 34.5. The summed E-state index contributed by atoms with van der Waals surface area (Å²) in [6.45, 7) is 8.53. The monoisotopic (exact) mass is 814 g/mol. The molecule has 0 radical (unpaired) electrons. The number of para-hydroxylation sites is 1. The molecular weight excluding hydrogens is 761 g/mol. The van der Waals surface area contributed by atoms with Crippen LogP contribution in [0.25, 0.3) is 21.8 Å². The van der Waals surface area contributed by atoms with Gasteiger partial charge in [-0.05, 0) is 104 Å². The number of hydrogen-bond donors (Lipinski definition) is 4. The Morgan fingerprint density at radius 2 is 1.58 bits per heavy atom. The maximum Gasteiger partial charge on any atom is 0.405 e. The van der Waals surface area contributed by atoms with Crippen molar-refractivity contribution >= 4 is 45.7 Å². The number of ether oxygens (including phenoxy) is 1. The fourth-order valence-electron chi connectivity index (χ4n) is 9.81. The number of aromatic amines is 2. The number of benzene rings is 3. The lowest BCUT2D eigenvalue weighted by Gasteiger charge is -2.42. The molecule has 3 unspecified atom stereocenters. The summed E-state index contributed by atoms with van der Waals surface area (Å²) in [5.74, 6) is -0.919. The standard InChI is InChI=1S/C46H54N8O6/c1-29-23-31(24-34-27-48-51-39(29)34)25-38(50-44(59)53-18-13-32(14-19-53)36-26-33-9-7-8-12-37(33)49-40(36)55)42(57)54-22-17-46(28-54)15-20-52(21-16-46)41(56)30(2)45(3,60-43(47)58)35-10-5-4-6-11-35/h4-12,23-24,26-27,30,32,38H,13-22,25,28H2,1-3H3,(H2,47,58)(H,48,51)(H,49,55)(H,50,59). The van der Waals surface area contributed by atoms with Crippen LogP contribution in [0.5, 0.6) is 0 Å². The van der Waals surface area contributed by atoms with E-state index in [1.807, 2.05) is 89.5 Å². The highest BCUT2D eigenvalue weighted by molar-refractivity contribution is 5.88. The van der Waals surface area contributed by atoms with E-state index < -0.39 is 23.7 Å². The molecule has 0 saturated carbocycles. The third-order valence-corrected chi connectivity index (χ3v) is 13.6. The molecule has 5 heterocycles. The average Bonchev–Trinajstić information content (AvgIpc) is 3.91. The number of aromatic nitrogens is 3. The Bertz CT molecular complexity index is 2470. The fraction of sp³-hybridized carbons (Fsp3) is 0.435. The van der Waals surface area contributed by atoms with Crippen LogP contribution in [0.2, 0.25) is 0 Å². The number of fused-ring (bicyclic) bond motifs is 2. The number of aryl methyl sites for hydroxylation is 1. The average molecular weight is 815 g/mol. The Morgan fingerprint density at radius 1 is 0.900 bits per heavy atom. The van der Waals surface area contributed by atoms with Crippen molar-refractivity contribution in [2.45, 2.75) is 76.9 Å². The molecule has 14 heteroatoms. The summed E-state index contributed by atoms with van der Waals surface area (Å²) in [6, 6.07) is 21.8. The van der Waals surface area contributed by atoms with Crippen LogP contribution in [0.4, 0.5) is 9.59 Å². The van der Waals surface area contributed by atoms with E-state index in [2.05, 4.69) is 20.5 Å². The number of nitrogens with two attached hydrogens (primary N) is 1. The van der Waals surface area contributed by atoms with Crippen molar-refractivity contribution in [3.63, 3.8) is 0 Å². The normalized spacial score (nSPS) is 18.9. The Hall–Kier alpha value is -6.18. The van der Waals surface area contributed by atoms with Gasteiger partial charge in [-0.25, -0.2) is 9.59 Å². The zero-order chi connectivity index (χ0) is 42.2. The number of nitrogens with one attached hydrogen (secondary N) is 3. The van der Waals surface area contributed by atoms with Gasteiger partial charge in [0.15, 0.2) is 0 Å².